The molecule has 128 valence electrons. The highest BCUT2D eigenvalue weighted by atomic mass is 16.2. The summed E-state index contributed by atoms with van der Waals surface area (Å²) in [5, 5.41) is 7.58. The van der Waals surface area contributed by atoms with Crippen LogP contribution in [0.4, 0.5) is 0 Å². The number of aromatic nitrogens is 2. The molecule has 23 heavy (non-hydrogen) atoms. The van der Waals surface area contributed by atoms with Gasteiger partial charge in [0.25, 0.3) is 0 Å². The first-order chi connectivity index (χ1) is 11.0. The molecule has 1 aliphatic carbocycles. The Bertz CT molecular complexity index is 545. The lowest BCUT2D eigenvalue weighted by Gasteiger charge is -2.36. The van der Waals surface area contributed by atoms with E-state index in [1.165, 1.54) is 30.5 Å². The van der Waals surface area contributed by atoms with Crippen LogP contribution in [0.1, 0.15) is 62.6 Å². The first kappa shape index (κ1) is 16.5. The van der Waals surface area contributed by atoms with E-state index in [0.717, 1.165) is 38.9 Å². The van der Waals surface area contributed by atoms with Gasteiger partial charge in [-0.05, 0) is 51.1 Å². The number of H-pyrrole nitrogens is 1. The Hall–Kier alpha value is -1.36. The Kier molecular flexibility index (Phi) is 4.76. The molecule has 1 aromatic heterocycles. The van der Waals surface area contributed by atoms with E-state index in [-0.39, 0.29) is 5.41 Å². The number of amides is 1. The van der Waals surface area contributed by atoms with Crippen LogP contribution in [0.2, 0.25) is 0 Å². The Balaban J connectivity index is 1.62. The highest BCUT2D eigenvalue weighted by molar-refractivity contribution is 5.79. The topological polar surface area (TPSA) is 52.2 Å². The number of nitrogens with one attached hydrogen (secondary N) is 1. The van der Waals surface area contributed by atoms with Gasteiger partial charge >= 0.3 is 0 Å². The second-order valence-corrected chi connectivity index (χ2v) is 7.75. The average Bonchev–Trinajstić information content (AvgIpc) is 3.06. The van der Waals surface area contributed by atoms with Crippen LogP contribution >= 0.6 is 0 Å². The van der Waals surface area contributed by atoms with E-state index in [0.29, 0.717) is 11.8 Å². The largest absolute Gasteiger partial charge is 0.345 e. The zero-order valence-electron chi connectivity index (χ0n) is 14.8. The van der Waals surface area contributed by atoms with Crippen molar-refractivity contribution in [2.75, 3.05) is 27.2 Å². The predicted molar refractivity (Wildman–Crippen MR) is 91.1 cm³/mol. The molecule has 5 heteroatoms. The van der Waals surface area contributed by atoms with Crippen molar-refractivity contribution in [2.45, 2.75) is 57.9 Å². The van der Waals surface area contributed by atoms with Gasteiger partial charge in [0.15, 0.2) is 0 Å². The molecule has 2 fully saturated rings. The van der Waals surface area contributed by atoms with Crippen LogP contribution in [-0.2, 0) is 11.3 Å². The lowest BCUT2D eigenvalue weighted by atomic mass is 9.69. The van der Waals surface area contributed by atoms with Gasteiger partial charge in [-0.2, -0.15) is 5.10 Å². The second kappa shape index (κ2) is 6.63. The van der Waals surface area contributed by atoms with E-state index in [1.54, 1.807) is 0 Å². The summed E-state index contributed by atoms with van der Waals surface area (Å²) in [5.41, 5.74) is 2.93. The van der Waals surface area contributed by atoms with Gasteiger partial charge in [0, 0.05) is 43.7 Å². The van der Waals surface area contributed by atoms with Crippen molar-refractivity contribution in [1.82, 2.24) is 20.0 Å². The zero-order chi connectivity index (χ0) is 16.4. The molecular weight excluding hydrogens is 288 g/mol. The van der Waals surface area contributed by atoms with Crippen LogP contribution in [0.15, 0.2) is 6.20 Å². The summed E-state index contributed by atoms with van der Waals surface area (Å²) in [5.74, 6) is 0.904. The van der Waals surface area contributed by atoms with Gasteiger partial charge in [0.2, 0.25) is 5.91 Å². The van der Waals surface area contributed by atoms with E-state index < -0.39 is 0 Å². The zero-order valence-corrected chi connectivity index (χ0v) is 14.8. The third-order valence-electron chi connectivity index (χ3n) is 5.78. The maximum absolute atomic E-state index is 11.9. The molecule has 1 amide bonds. The molecule has 0 radical (unpaired) electrons. The molecule has 3 rings (SSSR count). The van der Waals surface area contributed by atoms with Crippen LogP contribution in [0.25, 0.3) is 0 Å². The summed E-state index contributed by atoms with van der Waals surface area (Å²) in [6.07, 6.45) is 8.61. The smallest absolute Gasteiger partial charge is 0.222 e. The minimum absolute atomic E-state index is 0.252. The van der Waals surface area contributed by atoms with Crippen LogP contribution < -0.4 is 0 Å². The number of nitrogens with zero attached hydrogens (tertiary/aromatic N) is 3. The fourth-order valence-electron chi connectivity index (χ4n) is 4.51. The van der Waals surface area contributed by atoms with Crippen molar-refractivity contribution in [3.05, 3.63) is 17.5 Å². The summed E-state index contributed by atoms with van der Waals surface area (Å²) in [6, 6.07) is 0. The third kappa shape index (κ3) is 3.44. The standard InChI is InChI=1S/C18H30N4O/c1-4-9-21(2)12-15-11-19-20-17(15)14-5-7-18(8-6-14)10-16(23)22(3)13-18/h11,14H,4-10,12-13H2,1-3H3,(H,19,20). The average molecular weight is 318 g/mol. The van der Waals surface area contributed by atoms with Gasteiger partial charge in [-0.15, -0.1) is 0 Å². The SMILES string of the molecule is CCCN(C)Cc1cn[nH]c1C1CCC2(CC1)CC(=O)N(C)C2. The molecule has 2 aliphatic rings. The van der Waals surface area contributed by atoms with Crippen molar-refractivity contribution >= 4 is 5.91 Å². The summed E-state index contributed by atoms with van der Waals surface area (Å²) >= 11 is 0. The molecule has 0 unspecified atom stereocenters. The third-order valence-corrected chi connectivity index (χ3v) is 5.78. The number of aromatic amines is 1. The molecule has 1 aliphatic heterocycles. The van der Waals surface area contributed by atoms with Crippen molar-refractivity contribution in [2.24, 2.45) is 5.41 Å². The number of hydrogen-bond acceptors (Lipinski definition) is 3. The Morgan fingerprint density at radius 3 is 2.78 bits per heavy atom. The van der Waals surface area contributed by atoms with E-state index in [9.17, 15) is 4.79 Å². The minimum atomic E-state index is 0.252. The van der Waals surface area contributed by atoms with Gasteiger partial charge in [-0.3, -0.25) is 9.89 Å². The van der Waals surface area contributed by atoms with Crippen LogP contribution in [0.5, 0.6) is 0 Å². The molecule has 1 saturated carbocycles. The van der Waals surface area contributed by atoms with E-state index in [4.69, 9.17) is 0 Å². The van der Waals surface area contributed by atoms with Crippen LogP contribution in [0.3, 0.4) is 0 Å². The van der Waals surface area contributed by atoms with Crippen molar-refractivity contribution in [1.29, 1.82) is 0 Å². The van der Waals surface area contributed by atoms with Gasteiger partial charge in [-0.25, -0.2) is 0 Å². The number of rotatable bonds is 5. The summed E-state index contributed by atoms with van der Waals surface area (Å²) in [7, 11) is 4.12. The van der Waals surface area contributed by atoms with Gasteiger partial charge in [0.1, 0.15) is 0 Å². The Morgan fingerprint density at radius 2 is 2.17 bits per heavy atom. The number of hydrogen-bond donors (Lipinski definition) is 1. The number of carbonyl (C=O) groups is 1. The van der Waals surface area contributed by atoms with Crippen molar-refractivity contribution in [3.8, 4) is 0 Å². The van der Waals surface area contributed by atoms with Gasteiger partial charge in [-0.1, -0.05) is 6.92 Å². The molecule has 0 aromatic carbocycles. The van der Waals surface area contributed by atoms with Crippen LogP contribution in [0, 0.1) is 5.41 Å². The Labute approximate surface area is 139 Å². The second-order valence-electron chi connectivity index (χ2n) is 7.75. The van der Waals surface area contributed by atoms with Crippen LogP contribution in [-0.4, -0.2) is 53.1 Å². The maximum Gasteiger partial charge on any atom is 0.222 e. The van der Waals surface area contributed by atoms with Crippen molar-refractivity contribution < 1.29 is 4.79 Å². The minimum Gasteiger partial charge on any atom is -0.345 e. The summed E-state index contributed by atoms with van der Waals surface area (Å²) in [4.78, 5) is 16.2. The first-order valence-electron chi connectivity index (χ1n) is 8.97. The number of likely N-dealkylation sites (tertiary alicyclic amines) is 1. The van der Waals surface area contributed by atoms with E-state index >= 15 is 0 Å². The molecule has 0 atom stereocenters. The van der Waals surface area contributed by atoms with E-state index in [1.807, 2.05) is 18.1 Å². The molecule has 2 heterocycles. The molecular formula is C18H30N4O. The molecule has 1 spiro atoms. The van der Waals surface area contributed by atoms with Gasteiger partial charge in [0.05, 0.1) is 6.20 Å². The lowest BCUT2D eigenvalue weighted by Crippen LogP contribution is -2.30. The first-order valence-corrected chi connectivity index (χ1v) is 8.97. The molecule has 1 saturated heterocycles. The lowest BCUT2D eigenvalue weighted by molar-refractivity contribution is -0.126. The molecule has 1 N–H and O–H groups in total. The highest BCUT2D eigenvalue weighted by Crippen LogP contribution is 2.48. The monoisotopic (exact) mass is 318 g/mol. The number of carbonyl (C=O) groups excluding carboxylic acids is 1. The molecule has 0 bridgehead atoms. The van der Waals surface area contributed by atoms with E-state index in [2.05, 4.69) is 29.1 Å². The van der Waals surface area contributed by atoms with Crippen molar-refractivity contribution in [3.63, 3.8) is 0 Å². The normalized spacial score (nSPS) is 28.3. The molecule has 5 nitrogen and oxygen atoms in total. The fourth-order valence-corrected chi connectivity index (χ4v) is 4.51. The summed E-state index contributed by atoms with van der Waals surface area (Å²) < 4.78 is 0. The summed E-state index contributed by atoms with van der Waals surface area (Å²) in [6.45, 7) is 5.26. The van der Waals surface area contributed by atoms with Gasteiger partial charge < -0.3 is 9.80 Å². The predicted octanol–water partition coefficient (Wildman–Crippen LogP) is 2.76. The quantitative estimate of drug-likeness (QED) is 0.908. The highest BCUT2D eigenvalue weighted by Gasteiger charge is 2.44. The maximum atomic E-state index is 11.9. The molecule has 1 aromatic rings. The fraction of sp³-hybridized carbons (Fsp3) is 0.778. The Morgan fingerprint density at radius 1 is 1.43 bits per heavy atom.